The summed E-state index contributed by atoms with van der Waals surface area (Å²) in [5, 5.41) is 10.1. The minimum atomic E-state index is -0.466. The van der Waals surface area contributed by atoms with Gasteiger partial charge in [-0.3, -0.25) is 10.1 Å². The molecule has 2 amide bonds. The van der Waals surface area contributed by atoms with Crippen LogP contribution in [0.4, 0.5) is 10.5 Å². The summed E-state index contributed by atoms with van der Waals surface area (Å²) in [6.45, 7) is 1.65. The van der Waals surface area contributed by atoms with E-state index in [-0.39, 0.29) is 14.5 Å². The lowest BCUT2D eigenvalue weighted by atomic mass is 10.1. The molecule has 4 aromatic carbocycles. The molecule has 1 atom stereocenters. The molecule has 0 saturated carbocycles. The number of aromatic nitrogens is 1. The van der Waals surface area contributed by atoms with E-state index < -0.39 is 6.09 Å². The summed E-state index contributed by atoms with van der Waals surface area (Å²) in [6.07, 6.45) is 0.507. The lowest BCUT2D eigenvalue weighted by Gasteiger charge is -2.08. The maximum atomic E-state index is 12.8. The highest BCUT2D eigenvalue weighted by molar-refractivity contribution is 8.76. The molecular formula is C31H32N4O3PS3+. The Morgan fingerprint density at radius 2 is 1.74 bits per heavy atom. The summed E-state index contributed by atoms with van der Waals surface area (Å²) in [4.78, 5) is 29.7. The summed E-state index contributed by atoms with van der Waals surface area (Å²) >= 11 is 1.57. The number of nitrogens with zero attached hydrogens (tertiary/aromatic N) is 1. The lowest BCUT2D eigenvalue weighted by molar-refractivity contribution is 0.0956. The average Bonchev–Trinajstić information content (AvgIpc) is 3.45. The van der Waals surface area contributed by atoms with Crippen molar-refractivity contribution >= 4 is 85.5 Å². The normalized spacial score (nSPS) is 11.4. The summed E-state index contributed by atoms with van der Waals surface area (Å²) in [7, 11) is 3.47. The Hall–Kier alpha value is -3.14. The molecule has 0 aliphatic carbocycles. The number of nitrogens with one attached hydrogen (secondary N) is 2. The quantitative estimate of drug-likeness (QED) is 0.0774. The molecule has 1 unspecified atom stereocenters. The Morgan fingerprint density at radius 1 is 0.929 bits per heavy atom. The number of thiazole rings is 1. The molecule has 0 radical (unpaired) electrons. The van der Waals surface area contributed by atoms with Gasteiger partial charge in [0.25, 0.3) is 5.91 Å². The smallest absolute Gasteiger partial charge is 0.411 e. The van der Waals surface area contributed by atoms with Gasteiger partial charge >= 0.3 is 6.09 Å². The zero-order chi connectivity index (χ0) is 29.1. The molecule has 11 heteroatoms. The van der Waals surface area contributed by atoms with Crippen LogP contribution in [0.15, 0.2) is 84.9 Å². The number of hydrogen-bond donors (Lipinski definition) is 3. The van der Waals surface area contributed by atoms with E-state index in [1.165, 1.54) is 5.30 Å². The van der Waals surface area contributed by atoms with Crippen molar-refractivity contribution in [3.8, 4) is 10.6 Å². The van der Waals surface area contributed by atoms with Gasteiger partial charge in [0.2, 0.25) is 0 Å². The summed E-state index contributed by atoms with van der Waals surface area (Å²) in [5.74, 6) is 1.54. The van der Waals surface area contributed by atoms with Crippen LogP contribution < -0.4 is 21.7 Å². The van der Waals surface area contributed by atoms with Gasteiger partial charge in [-0.25, -0.2) is 9.78 Å². The van der Waals surface area contributed by atoms with E-state index in [0.717, 1.165) is 49.2 Å². The molecule has 0 bridgehead atoms. The average molecular weight is 636 g/mol. The van der Waals surface area contributed by atoms with E-state index >= 15 is 0 Å². The minimum absolute atomic E-state index is 0.0567. The van der Waals surface area contributed by atoms with Gasteiger partial charge < -0.3 is 15.8 Å². The van der Waals surface area contributed by atoms with Gasteiger partial charge in [-0.1, -0.05) is 58.0 Å². The van der Waals surface area contributed by atoms with Gasteiger partial charge in [0, 0.05) is 43.4 Å². The third-order valence-corrected chi connectivity index (χ3v) is 11.2. The summed E-state index contributed by atoms with van der Waals surface area (Å²) in [6, 6.07) is 28.0. The molecule has 4 N–H and O–H groups in total. The fourth-order valence-electron chi connectivity index (χ4n) is 4.25. The molecule has 0 saturated heterocycles. The van der Waals surface area contributed by atoms with E-state index in [9.17, 15) is 9.59 Å². The zero-order valence-corrected chi connectivity index (χ0v) is 26.5. The SMILES string of the molecule is NCCSSCCOC(=O)Nc1ccc2cc(-c3nc4ccc(C(=O)NCC[PH2+]c5ccccc5)cc4s3)ccc2c1. The topological polar surface area (TPSA) is 106 Å². The molecular weight excluding hydrogens is 604 g/mol. The van der Waals surface area contributed by atoms with Crippen LogP contribution in [0.3, 0.4) is 0 Å². The monoisotopic (exact) mass is 635 g/mol. The summed E-state index contributed by atoms with van der Waals surface area (Å²) < 4.78 is 6.24. The second-order valence-corrected chi connectivity index (χ2v) is 14.7. The highest BCUT2D eigenvalue weighted by atomic mass is 33.1. The fourth-order valence-corrected chi connectivity index (χ4v) is 8.05. The van der Waals surface area contributed by atoms with Gasteiger partial charge in [0.05, 0.1) is 28.2 Å². The molecule has 0 spiro atoms. The van der Waals surface area contributed by atoms with Crippen molar-refractivity contribution in [1.29, 1.82) is 0 Å². The maximum Gasteiger partial charge on any atom is 0.411 e. The van der Waals surface area contributed by atoms with Crippen molar-refractivity contribution in [3.05, 3.63) is 90.5 Å². The van der Waals surface area contributed by atoms with Gasteiger partial charge in [0.1, 0.15) is 11.6 Å². The number of amides is 2. The van der Waals surface area contributed by atoms with Crippen LogP contribution in [0.2, 0.25) is 0 Å². The Balaban J connectivity index is 1.17. The van der Waals surface area contributed by atoms with Crippen LogP contribution >= 0.6 is 41.5 Å². The Kier molecular flexibility index (Phi) is 11.1. The number of ether oxygens (including phenoxy) is 1. The van der Waals surface area contributed by atoms with E-state index in [0.29, 0.717) is 30.9 Å². The third-order valence-electron chi connectivity index (χ3n) is 6.28. The second kappa shape index (κ2) is 15.4. The van der Waals surface area contributed by atoms with Crippen molar-refractivity contribution in [1.82, 2.24) is 10.3 Å². The molecule has 216 valence electrons. The van der Waals surface area contributed by atoms with Gasteiger partial charge in [0.15, 0.2) is 0 Å². The highest BCUT2D eigenvalue weighted by Gasteiger charge is 2.12. The van der Waals surface area contributed by atoms with Gasteiger partial charge in [-0.05, 0) is 59.3 Å². The molecule has 1 aromatic heterocycles. The first kappa shape index (κ1) is 30.3. The first-order valence-electron chi connectivity index (χ1n) is 13.6. The van der Waals surface area contributed by atoms with Crippen LogP contribution in [-0.4, -0.2) is 54.3 Å². The van der Waals surface area contributed by atoms with E-state index in [4.69, 9.17) is 15.5 Å². The number of rotatable bonds is 13. The summed E-state index contributed by atoms with van der Waals surface area (Å²) in [5.41, 5.74) is 8.67. The largest absolute Gasteiger partial charge is 0.448 e. The zero-order valence-electron chi connectivity index (χ0n) is 22.9. The minimum Gasteiger partial charge on any atom is -0.448 e. The first-order valence-corrected chi connectivity index (χ1v) is 18.3. The molecule has 42 heavy (non-hydrogen) atoms. The van der Waals surface area contributed by atoms with Crippen LogP contribution in [0.5, 0.6) is 0 Å². The highest BCUT2D eigenvalue weighted by Crippen LogP contribution is 2.33. The fraction of sp³-hybridized carbons (Fsp3) is 0.194. The molecule has 0 aliphatic rings. The number of fused-ring (bicyclic) bond motifs is 2. The number of hydrogen-bond acceptors (Lipinski definition) is 8. The molecule has 0 fully saturated rings. The van der Waals surface area contributed by atoms with Crippen molar-refractivity contribution in [2.45, 2.75) is 0 Å². The van der Waals surface area contributed by atoms with Crippen molar-refractivity contribution in [3.63, 3.8) is 0 Å². The number of carbonyl (C=O) groups excluding carboxylic acids is 2. The Labute approximate surface area is 258 Å². The third kappa shape index (κ3) is 8.46. The Morgan fingerprint density at radius 3 is 2.60 bits per heavy atom. The predicted octanol–water partition coefficient (Wildman–Crippen LogP) is 6.47. The van der Waals surface area contributed by atoms with E-state index in [1.807, 2.05) is 54.6 Å². The molecule has 0 aliphatic heterocycles. The predicted molar refractivity (Wildman–Crippen MR) is 184 cm³/mol. The van der Waals surface area contributed by atoms with E-state index in [2.05, 4.69) is 41.0 Å². The molecule has 7 nitrogen and oxygen atoms in total. The van der Waals surface area contributed by atoms with Crippen molar-refractivity contribution < 1.29 is 14.3 Å². The van der Waals surface area contributed by atoms with Crippen molar-refractivity contribution in [2.24, 2.45) is 5.73 Å². The number of benzene rings is 4. The van der Waals surface area contributed by atoms with Crippen LogP contribution in [-0.2, 0) is 4.74 Å². The van der Waals surface area contributed by atoms with Crippen LogP contribution in [0, 0.1) is 0 Å². The molecule has 5 aromatic rings. The lowest BCUT2D eigenvalue weighted by Crippen LogP contribution is -2.25. The van der Waals surface area contributed by atoms with Crippen LogP contribution in [0.1, 0.15) is 10.4 Å². The van der Waals surface area contributed by atoms with Gasteiger partial charge in [-0.2, -0.15) is 0 Å². The Bertz CT molecular complexity index is 1670. The number of nitrogens with two attached hydrogens (primary N) is 1. The second-order valence-electron chi connectivity index (χ2n) is 9.33. The van der Waals surface area contributed by atoms with Crippen LogP contribution in [0.25, 0.3) is 31.6 Å². The van der Waals surface area contributed by atoms with Crippen molar-refractivity contribution in [2.75, 3.05) is 42.7 Å². The molecule has 1 heterocycles. The number of anilines is 1. The van der Waals surface area contributed by atoms with Gasteiger partial charge in [-0.15, -0.1) is 11.3 Å². The molecule has 5 rings (SSSR count). The maximum absolute atomic E-state index is 12.8. The standard InChI is InChI=1S/C31H31N4O3PS3/c32-12-16-40-41-17-14-38-31(37)34-25-10-8-21-18-24(7-6-22(21)19-25)30-35-27-11-9-23(20-28(27)42-30)29(36)33-13-15-39-26-4-2-1-3-5-26/h1-11,18-20,39H,12-17,32H2,(H,33,36)(H,34,37)/p+1. The first-order chi connectivity index (χ1) is 20.6. The van der Waals surface area contributed by atoms with E-state index in [1.54, 1.807) is 32.9 Å². The number of carbonyl (C=O) groups is 2.